The first-order valence-corrected chi connectivity index (χ1v) is 4.22. The molecule has 0 aliphatic rings. The Morgan fingerprint density at radius 1 is 1.33 bits per heavy atom. The number of alkyl halides is 3. The molecule has 0 aliphatic heterocycles. The Kier molecular flexibility index (Phi) is 4.94. The lowest BCUT2D eigenvalue weighted by molar-refractivity contribution is -0.149. The molecule has 1 aromatic carbocycles. The molecule has 1 rings (SSSR count). The summed E-state index contributed by atoms with van der Waals surface area (Å²) in [4.78, 5) is 10.5. The van der Waals surface area contributed by atoms with E-state index in [1.807, 2.05) is 0 Å². The van der Waals surface area contributed by atoms with Gasteiger partial charge in [0.1, 0.15) is 23.2 Å². The number of aromatic hydroxyl groups is 1. The Labute approximate surface area is 104 Å². The van der Waals surface area contributed by atoms with Gasteiger partial charge in [0.15, 0.2) is 0 Å². The number of nitrogens with two attached hydrogens (primary N) is 1. The van der Waals surface area contributed by atoms with Gasteiger partial charge in [-0.25, -0.2) is 9.18 Å². The molecule has 9 heteroatoms. The molecule has 4 N–H and O–H groups in total. The van der Waals surface area contributed by atoms with Crippen LogP contribution in [0.25, 0.3) is 0 Å². The highest BCUT2D eigenvalue weighted by Crippen LogP contribution is 2.37. The van der Waals surface area contributed by atoms with E-state index in [1.54, 1.807) is 0 Å². The lowest BCUT2D eigenvalue weighted by Gasteiger charge is -2.17. The number of aromatic carboxylic acids is 1. The Morgan fingerprint density at radius 2 is 1.83 bits per heavy atom. The van der Waals surface area contributed by atoms with E-state index >= 15 is 0 Å². The highest BCUT2D eigenvalue weighted by molar-refractivity contribution is 5.91. The van der Waals surface area contributed by atoms with E-state index in [4.69, 9.17) is 10.8 Å². The summed E-state index contributed by atoms with van der Waals surface area (Å²) in [6.07, 6.45) is -4.92. The van der Waals surface area contributed by atoms with Crippen molar-refractivity contribution in [3.05, 3.63) is 29.1 Å². The molecule has 1 aromatic rings. The third kappa shape index (κ3) is 3.23. The summed E-state index contributed by atoms with van der Waals surface area (Å²) in [6, 6.07) is -1.90. The largest absolute Gasteiger partial charge is 0.507 e. The van der Waals surface area contributed by atoms with E-state index in [0.29, 0.717) is 12.1 Å². The molecule has 0 fully saturated rings. The zero-order valence-corrected chi connectivity index (χ0v) is 9.35. The number of hydrogen-bond acceptors (Lipinski definition) is 3. The van der Waals surface area contributed by atoms with Gasteiger partial charge in [0, 0.05) is 5.56 Å². The first kappa shape index (κ1) is 16.5. The minimum atomic E-state index is -4.92. The highest BCUT2D eigenvalue weighted by Gasteiger charge is 2.40. The van der Waals surface area contributed by atoms with E-state index < -0.39 is 40.9 Å². The van der Waals surface area contributed by atoms with E-state index in [1.165, 1.54) is 0 Å². The summed E-state index contributed by atoms with van der Waals surface area (Å²) in [6.45, 7) is 0. The molecule has 0 saturated carbocycles. The zero-order chi connectivity index (χ0) is 13.4. The van der Waals surface area contributed by atoms with Crippen LogP contribution >= 0.6 is 12.4 Å². The molecule has 0 heterocycles. The van der Waals surface area contributed by atoms with Gasteiger partial charge in [0.2, 0.25) is 0 Å². The number of carboxylic acids is 1. The second-order valence-electron chi connectivity index (χ2n) is 3.22. The number of rotatable bonds is 2. The van der Waals surface area contributed by atoms with Gasteiger partial charge in [-0.2, -0.15) is 13.2 Å². The van der Waals surface area contributed by atoms with Gasteiger partial charge in [-0.1, -0.05) is 0 Å². The average molecular weight is 290 g/mol. The van der Waals surface area contributed by atoms with Crippen molar-refractivity contribution in [2.75, 3.05) is 0 Å². The van der Waals surface area contributed by atoms with Crippen LogP contribution in [-0.2, 0) is 0 Å². The van der Waals surface area contributed by atoms with Crippen molar-refractivity contribution >= 4 is 18.4 Å². The monoisotopic (exact) mass is 289 g/mol. The van der Waals surface area contributed by atoms with Crippen LogP contribution in [-0.4, -0.2) is 22.4 Å². The van der Waals surface area contributed by atoms with E-state index in [2.05, 4.69) is 0 Å². The Morgan fingerprint density at radius 3 is 2.22 bits per heavy atom. The molecule has 0 bridgehead atoms. The Hall–Kier alpha value is -1.54. The number of halogens is 5. The fourth-order valence-corrected chi connectivity index (χ4v) is 1.20. The zero-order valence-electron chi connectivity index (χ0n) is 8.53. The molecule has 0 spiro atoms. The first-order chi connectivity index (χ1) is 7.64. The first-order valence-electron chi connectivity index (χ1n) is 4.22. The molecule has 0 unspecified atom stereocenters. The van der Waals surface area contributed by atoms with E-state index in [-0.39, 0.29) is 12.4 Å². The molecular weight excluding hydrogens is 282 g/mol. The van der Waals surface area contributed by atoms with Crippen LogP contribution in [0.3, 0.4) is 0 Å². The lowest BCUT2D eigenvalue weighted by Crippen LogP contribution is -2.29. The summed E-state index contributed by atoms with van der Waals surface area (Å²) in [5.41, 5.74) is 2.78. The van der Waals surface area contributed by atoms with Crippen molar-refractivity contribution in [1.29, 1.82) is 0 Å². The van der Waals surface area contributed by atoms with Crippen molar-refractivity contribution in [2.45, 2.75) is 12.2 Å². The Balaban J connectivity index is 0.00000289. The van der Waals surface area contributed by atoms with Crippen molar-refractivity contribution in [1.82, 2.24) is 0 Å². The van der Waals surface area contributed by atoms with Crippen LogP contribution in [0.1, 0.15) is 22.0 Å². The SMILES string of the molecule is Cl.N[C@@H](c1cc(F)cc(C(=O)O)c1O)C(F)(F)F. The van der Waals surface area contributed by atoms with Crippen LogP contribution in [0.15, 0.2) is 12.1 Å². The predicted molar refractivity (Wildman–Crippen MR) is 55.3 cm³/mol. The van der Waals surface area contributed by atoms with Gasteiger partial charge in [-0.05, 0) is 12.1 Å². The van der Waals surface area contributed by atoms with Crippen molar-refractivity contribution in [3.63, 3.8) is 0 Å². The van der Waals surface area contributed by atoms with Crippen LogP contribution in [0, 0.1) is 5.82 Å². The maximum absolute atomic E-state index is 12.9. The number of carbonyl (C=O) groups is 1. The fourth-order valence-electron chi connectivity index (χ4n) is 1.20. The van der Waals surface area contributed by atoms with Crippen LogP contribution in [0.5, 0.6) is 5.75 Å². The molecule has 1 atom stereocenters. The standard InChI is InChI=1S/C9H7F4NO3.ClH/c10-3-1-4(7(14)9(11,12)13)6(15)5(2-3)8(16)17;/h1-2,7,15H,14H2,(H,16,17);1H/t7-;/m0./s1. The molecule has 18 heavy (non-hydrogen) atoms. The fraction of sp³-hybridized carbons (Fsp3) is 0.222. The normalized spacial score (nSPS) is 12.7. The second kappa shape index (κ2) is 5.40. The molecule has 102 valence electrons. The summed E-state index contributed by atoms with van der Waals surface area (Å²) < 4.78 is 49.7. The predicted octanol–water partition coefficient (Wildman–Crippen LogP) is 2.21. The van der Waals surface area contributed by atoms with Gasteiger partial charge in [0.05, 0.1) is 0 Å². The molecule has 0 aromatic heterocycles. The second-order valence-corrected chi connectivity index (χ2v) is 3.22. The lowest BCUT2D eigenvalue weighted by atomic mass is 10.0. The molecule has 0 aliphatic carbocycles. The van der Waals surface area contributed by atoms with Crippen LogP contribution in [0.2, 0.25) is 0 Å². The maximum Gasteiger partial charge on any atom is 0.407 e. The van der Waals surface area contributed by atoms with Crippen molar-refractivity contribution in [3.8, 4) is 5.75 Å². The average Bonchev–Trinajstić information content (AvgIpc) is 2.18. The number of carboxylic acid groups (broad SMARTS) is 1. The summed E-state index contributed by atoms with van der Waals surface area (Å²) >= 11 is 0. The Bertz CT molecular complexity index is 464. The number of hydrogen-bond donors (Lipinski definition) is 3. The smallest absolute Gasteiger partial charge is 0.407 e. The van der Waals surface area contributed by atoms with Crippen molar-refractivity contribution in [2.24, 2.45) is 5.73 Å². The molecule has 4 nitrogen and oxygen atoms in total. The summed E-state index contributed by atoms with van der Waals surface area (Å²) in [5.74, 6) is -4.17. The number of phenols is 1. The van der Waals surface area contributed by atoms with Gasteiger partial charge in [0.25, 0.3) is 0 Å². The molecule has 0 saturated heterocycles. The maximum atomic E-state index is 12.9. The third-order valence-electron chi connectivity index (χ3n) is 2.02. The van der Waals surface area contributed by atoms with Gasteiger partial charge in [-0.3, -0.25) is 0 Å². The molecular formula is C9H8ClF4NO3. The van der Waals surface area contributed by atoms with Gasteiger partial charge >= 0.3 is 12.1 Å². The quantitative estimate of drug-likeness (QED) is 0.729. The molecule has 0 amide bonds. The van der Waals surface area contributed by atoms with E-state index in [9.17, 15) is 27.5 Å². The van der Waals surface area contributed by atoms with Gasteiger partial charge < -0.3 is 15.9 Å². The van der Waals surface area contributed by atoms with Crippen LogP contribution in [0.4, 0.5) is 17.6 Å². The molecule has 0 radical (unpaired) electrons. The van der Waals surface area contributed by atoms with Gasteiger partial charge in [-0.15, -0.1) is 12.4 Å². The van der Waals surface area contributed by atoms with E-state index in [0.717, 1.165) is 0 Å². The summed E-state index contributed by atoms with van der Waals surface area (Å²) in [5, 5.41) is 17.8. The highest BCUT2D eigenvalue weighted by atomic mass is 35.5. The number of benzene rings is 1. The van der Waals surface area contributed by atoms with Crippen molar-refractivity contribution < 1.29 is 32.6 Å². The summed E-state index contributed by atoms with van der Waals surface area (Å²) in [7, 11) is 0. The minimum absolute atomic E-state index is 0. The third-order valence-corrected chi connectivity index (χ3v) is 2.02. The minimum Gasteiger partial charge on any atom is -0.507 e. The topological polar surface area (TPSA) is 83.6 Å². The van der Waals surface area contributed by atoms with Crippen LogP contribution < -0.4 is 5.73 Å².